The highest BCUT2D eigenvalue weighted by Gasteiger charge is 2.11. The lowest BCUT2D eigenvalue weighted by atomic mass is 10.2. The molecule has 3 heterocycles. The Bertz CT molecular complexity index is 1010. The highest BCUT2D eigenvalue weighted by molar-refractivity contribution is 7.22. The number of aliphatic hydroxyl groups is 1. The van der Waals surface area contributed by atoms with E-state index in [2.05, 4.69) is 26.3 Å². The van der Waals surface area contributed by atoms with Crippen molar-refractivity contribution in [3.8, 4) is 10.4 Å². The molecular formula is C17H13ClN4OS2. The summed E-state index contributed by atoms with van der Waals surface area (Å²) in [6, 6.07) is 9.82. The fourth-order valence-electron chi connectivity index (χ4n) is 2.40. The van der Waals surface area contributed by atoms with E-state index in [1.54, 1.807) is 17.7 Å². The fraction of sp³-hybridized carbons (Fsp3) is 0.118. The third-order valence-electron chi connectivity index (χ3n) is 3.61. The summed E-state index contributed by atoms with van der Waals surface area (Å²) < 4.78 is 1.01. The van der Waals surface area contributed by atoms with E-state index in [1.807, 2.05) is 29.6 Å². The van der Waals surface area contributed by atoms with Crippen molar-refractivity contribution in [3.63, 3.8) is 0 Å². The van der Waals surface area contributed by atoms with Gasteiger partial charge in [-0.25, -0.2) is 15.0 Å². The quantitative estimate of drug-likeness (QED) is 0.524. The highest BCUT2D eigenvalue weighted by atomic mass is 35.5. The Kier molecular flexibility index (Phi) is 4.63. The van der Waals surface area contributed by atoms with Crippen molar-refractivity contribution in [1.29, 1.82) is 0 Å². The van der Waals surface area contributed by atoms with Crippen LogP contribution in [0.2, 0.25) is 5.02 Å². The zero-order valence-electron chi connectivity index (χ0n) is 12.9. The maximum Gasteiger partial charge on any atom is 0.147 e. The number of benzene rings is 1. The van der Waals surface area contributed by atoms with Crippen LogP contribution in [0.5, 0.6) is 0 Å². The van der Waals surface area contributed by atoms with Crippen molar-refractivity contribution in [2.45, 2.75) is 13.2 Å². The Labute approximate surface area is 157 Å². The average Bonchev–Trinajstić information content (AvgIpc) is 3.27. The lowest BCUT2D eigenvalue weighted by Crippen LogP contribution is -2.01. The molecule has 0 radical (unpaired) electrons. The molecule has 0 fully saturated rings. The van der Waals surface area contributed by atoms with Crippen LogP contribution in [0.1, 0.15) is 10.7 Å². The van der Waals surface area contributed by atoms with E-state index in [1.165, 1.54) is 11.3 Å². The number of thiophene rings is 1. The second-order valence-electron chi connectivity index (χ2n) is 5.30. The number of anilines is 1. The topological polar surface area (TPSA) is 70.9 Å². The van der Waals surface area contributed by atoms with Crippen LogP contribution in [0, 0.1) is 0 Å². The summed E-state index contributed by atoms with van der Waals surface area (Å²) in [4.78, 5) is 14.2. The van der Waals surface area contributed by atoms with Gasteiger partial charge in [0.1, 0.15) is 17.2 Å². The Morgan fingerprint density at radius 2 is 2.00 bits per heavy atom. The molecule has 25 heavy (non-hydrogen) atoms. The summed E-state index contributed by atoms with van der Waals surface area (Å²) in [5.74, 6) is 0.788. The van der Waals surface area contributed by atoms with E-state index in [9.17, 15) is 0 Å². The van der Waals surface area contributed by atoms with Crippen molar-refractivity contribution in [3.05, 3.63) is 57.8 Å². The number of aliphatic hydroxyl groups excluding tert-OH is 1. The molecule has 3 aromatic heterocycles. The zero-order valence-corrected chi connectivity index (χ0v) is 15.3. The number of hydrogen-bond acceptors (Lipinski definition) is 7. The lowest BCUT2D eigenvalue weighted by molar-refractivity contribution is 0.277. The Morgan fingerprint density at radius 1 is 1.16 bits per heavy atom. The van der Waals surface area contributed by atoms with Crippen molar-refractivity contribution >= 4 is 50.3 Å². The SMILES string of the molecule is OCc1csc(CNc2ncnc3cc(-c4ccc(Cl)cc4)sc23)n1. The second kappa shape index (κ2) is 7.05. The number of hydrogen-bond donors (Lipinski definition) is 2. The van der Waals surface area contributed by atoms with Gasteiger partial charge in [0.25, 0.3) is 0 Å². The van der Waals surface area contributed by atoms with Gasteiger partial charge >= 0.3 is 0 Å². The first-order chi connectivity index (χ1) is 12.2. The number of aromatic nitrogens is 3. The molecule has 0 aliphatic heterocycles. The number of halogens is 1. The molecule has 0 saturated heterocycles. The molecule has 0 bridgehead atoms. The molecule has 1 aromatic carbocycles. The normalized spacial score (nSPS) is 11.1. The van der Waals surface area contributed by atoms with Crippen molar-refractivity contribution < 1.29 is 5.11 Å². The van der Waals surface area contributed by atoms with E-state index < -0.39 is 0 Å². The van der Waals surface area contributed by atoms with Crippen LogP contribution in [-0.2, 0) is 13.2 Å². The Balaban J connectivity index is 1.62. The molecule has 8 heteroatoms. The Hall–Kier alpha value is -2.06. The summed E-state index contributed by atoms with van der Waals surface area (Å²) in [6.45, 7) is 0.522. The summed E-state index contributed by atoms with van der Waals surface area (Å²) >= 11 is 9.12. The molecule has 4 aromatic rings. The predicted molar refractivity (Wildman–Crippen MR) is 103 cm³/mol. The van der Waals surface area contributed by atoms with Gasteiger partial charge in [0.2, 0.25) is 0 Å². The number of nitrogens with one attached hydrogen (secondary N) is 1. The monoisotopic (exact) mass is 388 g/mol. The van der Waals surface area contributed by atoms with Crippen molar-refractivity contribution in [2.75, 3.05) is 5.32 Å². The molecule has 0 spiro atoms. The first-order valence-electron chi connectivity index (χ1n) is 7.51. The summed E-state index contributed by atoms with van der Waals surface area (Å²) in [7, 11) is 0. The average molecular weight is 389 g/mol. The molecule has 0 amide bonds. The Morgan fingerprint density at radius 3 is 2.76 bits per heavy atom. The second-order valence-corrected chi connectivity index (χ2v) is 7.73. The number of thiazole rings is 1. The third-order valence-corrected chi connectivity index (χ3v) is 5.94. The van der Waals surface area contributed by atoms with Gasteiger partial charge in [-0.15, -0.1) is 22.7 Å². The molecule has 5 nitrogen and oxygen atoms in total. The molecule has 126 valence electrons. The summed E-state index contributed by atoms with van der Waals surface area (Å²) in [5.41, 5.74) is 2.70. The minimum atomic E-state index is -0.0381. The molecule has 0 aliphatic rings. The highest BCUT2D eigenvalue weighted by Crippen LogP contribution is 2.36. The van der Waals surface area contributed by atoms with Crippen molar-refractivity contribution in [1.82, 2.24) is 15.0 Å². The molecule has 0 unspecified atom stereocenters. The van der Waals surface area contributed by atoms with E-state index in [-0.39, 0.29) is 6.61 Å². The largest absolute Gasteiger partial charge is 0.390 e. The van der Waals surface area contributed by atoms with Crippen molar-refractivity contribution in [2.24, 2.45) is 0 Å². The van der Waals surface area contributed by atoms with Gasteiger partial charge in [0, 0.05) is 15.3 Å². The predicted octanol–water partition coefficient (Wildman–Crippen LogP) is 4.57. The summed E-state index contributed by atoms with van der Waals surface area (Å²) in [6.07, 6.45) is 1.56. The van der Waals surface area contributed by atoms with Crippen LogP contribution in [-0.4, -0.2) is 20.1 Å². The summed E-state index contributed by atoms with van der Waals surface area (Å²) in [5, 5.41) is 15.9. The van der Waals surface area contributed by atoms with Gasteiger partial charge < -0.3 is 10.4 Å². The van der Waals surface area contributed by atoms with Crippen LogP contribution in [0.3, 0.4) is 0 Å². The number of nitrogens with zero attached hydrogens (tertiary/aromatic N) is 3. The smallest absolute Gasteiger partial charge is 0.147 e. The van der Waals surface area contributed by atoms with Crippen LogP contribution in [0.4, 0.5) is 5.82 Å². The number of fused-ring (bicyclic) bond motifs is 1. The minimum absolute atomic E-state index is 0.0381. The maximum atomic E-state index is 9.10. The first kappa shape index (κ1) is 16.4. The van der Waals surface area contributed by atoms with E-state index in [0.717, 1.165) is 36.5 Å². The number of rotatable bonds is 5. The molecule has 4 rings (SSSR count). The van der Waals surface area contributed by atoms with Crippen LogP contribution < -0.4 is 5.32 Å². The lowest BCUT2D eigenvalue weighted by Gasteiger charge is -2.03. The van der Waals surface area contributed by atoms with Gasteiger partial charge in [0.05, 0.1) is 29.1 Å². The molecule has 0 saturated carbocycles. The standard InChI is InChI=1S/C17H13ClN4OS2/c18-11-3-1-10(2-4-11)14-5-13-16(25-14)17(21-9-20-13)19-6-15-22-12(7-23)8-24-15/h1-5,8-9,23H,6-7H2,(H,19,20,21). The fourth-order valence-corrected chi connectivity index (χ4v) is 4.33. The molecular weight excluding hydrogens is 376 g/mol. The van der Waals surface area contributed by atoms with Gasteiger partial charge in [-0.05, 0) is 23.8 Å². The van der Waals surface area contributed by atoms with E-state index in [0.29, 0.717) is 12.2 Å². The van der Waals surface area contributed by atoms with E-state index >= 15 is 0 Å². The van der Waals surface area contributed by atoms with Crippen LogP contribution in [0.25, 0.3) is 20.7 Å². The third kappa shape index (κ3) is 3.50. The van der Waals surface area contributed by atoms with Gasteiger partial charge in [-0.3, -0.25) is 0 Å². The zero-order chi connectivity index (χ0) is 17.2. The molecule has 0 aliphatic carbocycles. The molecule has 2 N–H and O–H groups in total. The maximum absolute atomic E-state index is 9.10. The van der Waals surface area contributed by atoms with Gasteiger partial charge in [-0.1, -0.05) is 23.7 Å². The van der Waals surface area contributed by atoms with Gasteiger partial charge in [-0.2, -0.15) is 0 Å². The van der Waals surface area contributed by atoms with Crippen LogP contribution >= 0.6 is 34.3 Å². The van der Waals surface area contributed by atoms with Gasteiger partial charge in [0.15, 0.2) is 0 Å². The van der Waals surface area contributed by atoms with E-state index in [4.69, 9.17) is 16.7 Å². The first-order valence-corrected chi connectivity index (χ1v) is 9.59. The van der Waals surface area contributed by atoms with Crippen LogP contribution in [0.15, 0.2) is 42.0 Å². The minimum Gasteiger partial charge on any atom is -0.390 e. The molecule has 0 atom stereocenters.